The van der Waals surface area contributed by atoms with Gasteiger partial charge in [-0.15, -0.1) is 0 Å². The number of nitrogens with two attached hydrogens (primary N) is 1. The molecule has 0 aromatic heterocycles. The summed E-state index contributed by atoms with van der Waals surface area (Å²) in [6, 6.07) is 0. The highest BCUT2D eigenvalue weighted by atomic mass is 16.5. The van der Waals surface area contributed by atoms with Crippen LogP contribution < -0.4 is 11.1 Å². The Morgan fingerprint density at radius 2 is 2.32 bits per heavy atom. The molecule has 0 radical (unpaired) electrons. The Labute approximate surface area is 116 Å². The average molecular weight is 272 g/mol. The van der Waals surface area contributed by atoms with E-state index in [0.29, 0.717) is 38.6 Å². The van der Waals surface area contributed by atoms with Gasteiger partial charge in [0.2, 0.25) is 5.91 Å². The van der Waals surface area contributed by atoms with Crippen LogP contribution in [-0.4, -0.2) is 44.9 Å². The lowest BCUT2D eigenvalue weighted by Gasteiger charge is -2.26. The van der Waals surface area contributed by atoms with E-state index in [4.69, 9.17) is 15.2 Å². The maximum atomic E-state index is 11.8. The molecule has 1 aliphatic heterocycles. The van der Waals surface area contributed by atoms with Crippen LogP contribution in [0, 0.1) is 5.92 Å². The number of ether oxygens (including phenoxy) is 2. The molecule has 112 valence electrons. The molecule has 5 nitrogen and oxygen atoms in total. The second kappa shape index (κ2) is 8.51. The quantitative estimate of drug-likeness (QED) is 0.658. The summed E-state index contributed by atoms with van der Waals surface area (Å²) in [5.41, 5.74) is 5.23. The van der Waals surface area contributed by atoms with Crippen LogP contribution in [0.2, 0.25) is 0 Å². The highest BCUT2D eigenvalue weighted by Crippen LogP contribution is 2.21. The minimum absolute atomic E-state index is 0.0961. The van der Waals surface area contributed by atoms with Gasteiger partial charge in [0.15, 0.2) is 0 Å². The third-order valence-corrected chi connectivity index (χ3v) is 4.04. The van der Waals surface area contributed by atoms with Crippen molar-refractivity contribution < 1.29 is 14.3 Å². The van der Waals surface area contributed by atoms with E-state index in [1.807, 2.05) is 0 Å². The molecule has 1 fully saturated rings. The van der Waals surface area contributed by atoms with Gasteiger partial charge in [0.1, 0.15) is 5.60 Å². The minimum atomic E-state index is -0.322. The molecular formula is C14H28N2O3. The lowest BCUT2D eigenvalue weighted by atomic mass is 9.96. The van der Waals surface area contributed by atoms with E-state index in [1.54, 1.807) is 7.11 Å². The predicted octanol–water partition coefficient (Wildman–Crippen LogP) is 1.06. The summed E-state index contributed by atoms with van der Waals surface area (Å²) in [4.78, 5) is 11.8. The average Bonchev–Trinajstić information content (AvgIpc) is 2.90. The Bertz CT molecular complexity index is 265. The van der Waals surface area contributed by atoms with Crippen molar-refractivity contribution in [2.45, 2.75) is 44.6 Å². The van der Waals surface area contributed by atoms with Crippen LogP contribution in [-0.2, 0) is 14.3 Å². The van der Waals surface area contributed by atoms with E-state index >= 15 is 0 Å². The summed E-state index contributed by atoms with van der Waals surface area (Å²) >= 11 is 0. The summed E-state index contributed by atoms with van der Waals surface area (Å²) in [5.74, 6) is 0.653. The largest absolute Gasteiger partial charge is 0.378 e. The van der Waals surface area contributed by atoms with Gasteiger partial charge in [-0.1, -0.05) is 13.3 Å². The van der Waals surface area contributed by atoms with Crippen LogP contribution >= 0.6 is 0 Å². The first-order valence-electron chi connectivity index (χ1n) is 7.25. The highest BCUT2D eigenvalue weighted by Gasteiger charge is 2.35. The molecule has 1 heterocycles. The predicted molar refractivity (Wildman–Crippen MR) is 74.9 cm³/mol. The zero-order valence-corrected chi connectivity index (χ0v) is 12.2. The number of carbonyl (C=O) groups is 1. The SMILES string of the molecule is CCC(CCN)CCC(=O)NCC1(OC)CCOC1. The van der Waals surface area contributed by atoms with Crippen molar-refractivity contribution in [1.82, 2.24) is 5.32 Å². The molecule has 0 aromatic carbocycles. The van der Waals surface area contributed by atoms with Crippen molar-refractivity contribution in [1.29, 1.82) is 0 Å². The zero-order valence-electron chi connectivity index (χ0n) is 12.2. The summed E-state index contributed by atoms with van der Waals surface area (Å²) in [6.07, 6.45) is 4.41. The fourth-order valence-corrected chi connectivity index (χ4v) is 2.43. The molecule has 1 amide bonds. The second-order valence-corrected chi connectivity index (χ2v) is 5.36. The molecule has 2 unspecified atom stereocenters. The first-order chi connectivity index (χ1) is 9.15. The smallest absolute Gasteiger partial charge is 0.220 e. The maximum Gasteiger partial charge on any atom is 0.220 e. The molecule has 1 saturated heterocycles. The topological polar surface area (TPSA) is 73.6 Å². The fourth-order valence-electron chi connectivity index (χ4n) is 2.43. The van der Waals surface area contributed by atoms with E-state index in [2.05, 4.69) is 12.2 Å². The summed E-state index contributed by atoms with van der Waals surface area (Å²) < 4.78 is 10.8. The zero-order chi connectivity index (χ0) is 14.1. The van der Waals surface area contributed by atoms with E-state index in [1.165, 1.54) is 0 Å². The molecule has 2 atom stereocenters. The van der Waals surface area contributed by atoms with Crippen LogP contribution in [0.3, 0.4) is 0 Å². The van der Waals surface area contributed by atoms with Crippen molar-refractivity contribution in [2.75, 3.05) is 33.4 Å². The first kappa shape index (κ1) is 16.4. The summed E-state index contributed by atoms with van der Waals surface area (Å²) in [5, 5.41) is 2.96. The molecule has 19 heavy (non-hydrogen) atoms. The molecule has 0 saturated carbocycles. The lowest BCUT2D eigenvalue weighted by Crippen LogP contribution is -2.45. The Balaban J connectivity index is 2.23. The number of amides is 1. The molecule has 3 N–H and O–H groups in total. The van der Waals surface area contributed by atoms with E-state index in [9.17, 15) is 4.79 Å². The minimum Gasteiger partial charge on any atom is -0.378 e. The van der Waals surface area contributed by atoms with Crippen LogP contribution in [0.4, 0.5) is 0 Å². The van der Waals surface area contributed by atoms with Crippen molar-refractivity contribution >= 4 is 5.91 Å². The van der Waals surface area contributed by atoms with Crippen LogP contribution in [0.15, 0.2) is 0 Å². The fraction of sp³-hybridized carbons (Fsp3) is 0.929. The van der Waals surface area contributed by atoms with Crippen molar-refractivity contribution in [2.24, 2.45) is 11.7 Å². The van der Waals surface area contributed by atoms with Gasteiger partial charge >= 0.3 is 0 Å². The second-order valence-electron chi connectivity index (χ2n) is 5.36. The van der Waals surface area contributed by atoms with Crippen LogP contribution in [0.1, 0.15) is 39.0 Å². The molecule has 0 spiro atoms. The normalized spacial score (nSPS) is 24.4. The highest BCUT2D eigenvalue weighted by molar-refractivity contribution is 5.75. The Hall–Kier alpha value is -0.650. The van der Waals surface area contributed by atoms with Gasteiger partial charge < -0.3 is 20.5 Å². The standard InChI is InChI=1S/C14H28N2O3/c1-3-12(6-8-15)4-5-13(17)16-10-14(18-2)7-9-19-11-14/h12H,3-11,15H2,1-2H3,(H,16,17). The Morgan fingerprint density at radius 1 is 1.53 bits per heavy atom. The number of carbonyl (C=O) groups excluding carboxylic acids is 1. The molecule has 1 rings (SSSR count). The third-order valence-electron chi connectivity index (χ3n) is 4.04. The van der Waals surface area contributed by atoms with Gasteiger partial charge in [-0.2, -0.15) is 0 Å². The van der Waals surface area contributed by atoms with Gasteiger partial charge in [0, 0.05) is 33.1 Å². The number of rotatable bonds is 9. The van der Waals surface area contributed by atoms with Crippen molar-refractivity contribution in [3.8, 4) is 0 Å². The Morgan fingerprint density at radius 3 is 2.84 bits per heavy atom. The van der Waals surface area contributed by atoms with Gasteiger partial charge in [0.05, 0.1) is 6.61 Å². The van der Waals surface area contributed by atoms with E-state index < -0.39 is 0 Å². The number of methoxy groups -OCH3 is 1. The third kappa shape index (κ3) is 5.47. The molecule has 0 bridgehead atoms. The van der Waals surface area contributed by atoms with Gasteiger partial charge in [-0.25, -0.2) is 0 Å². The van der Waals surface area contributed by atoms with Gasteiger partial charge in [-0.05, 0) is 25.3 Å². The molecular weight excluding hydrogens is 244 g/mol. The summed E-state index contributed by atoms with van der Waals surface area (Å²) in [6.45, 7) is 4.65. The van der Waals surface area contributed by atoms with Crippen LogP contribution in [0.25, 0.3) is 0 Å². The number of nitrogens with one attached hydrogen (secondary N) is 1. The lowest BCUT2D eigenvalue weighted by molar-refractivity contribution is -0.123. The van der Waals surface area contributed by atoms with Gasteiger partial charge in [-0.3, -0.25) is 4.79 Å². The molecule has 0 aliphatic carbocycles. The van der Waals surface area contributed by atoms with E-state index in [-0.39, 0.29) is 11.5 Å². The first-order valence-corrected chi connectivity index (χ1v) is 7.25. The summed E-state index contributed by atoms with van der Waals surface area (Å²) in [7, 11) is 1.68. The van der Waals surface area contributed by atoms with Crippen molar-refractivity contribution in [3.63, 3.8) is 0 Å². The monoisotopic (exact) mass is 272 g/mol. The number of hydrogen-bond acceptors (Lipinski definition) is 4. The van der Waals surface area contributed by atoms with Gasteiger partial charge in [0.25, 0.3) is 0 Å². The van der Waals surface area contributed by atoms with Crippen LogP contribution in [0.5, 0.6) is 0 Å². The maximum absolute atomic E-state index is 11.8. The van der Waals surface area contributed by atoms with Crippen molar-refractivity contribution in [3.05, 3.63) is 0 Å². The Kier molecular flexibility index (Phi) is 7.34. The van der Waals surface area contributed by atoms with E-state index in [0.717, 1.165) is 25.7 Å². The number of hydrogen-bond donors (Lipinski definition) is 2. The molecule has 1 aliphatic rings. The molecule has 0 aromatic rings. The molecule has 5 heteroatoms.